The summed E-state index contributed by atoms with van der Waals surface area (Å²) >= 11 is 0. The van der Waals surface area contributed by atoms with Crippen LogP contribution in [-0.4, -0.2) is 54.3 Å². The fourth-order valence-electron chi connectivity index (χ4n) is 4.41. The minimum atomic E-state index is -3.51. The molecule has 1 amide bonds. The van der Waals surface area contributed by atoms with E-state index >= 15 is 0 Å². The molecule has 3 aromatic carbocycles. The monoisotopic (exact) mass is 566 g/mol. The van der Waals surface area contributed by atoms with Gasteiger partial charge in [-0.15, -0.1) is 0 Å². The number of fused-ring (bicyclic) bond motifs is 1. The number of aliphatic hydroxyl groups excluding tert-OH is 2. The van der Waals surface area contributed by atoms with Crippen LogP contribution in [0.25, 0.3) is 10.9 Å². The molecule has 0 radical (unpaired) electrons. The molecule has 0 unspecified atom stereocenters. The second-order valence-electron chi connectivity index (χ2n) is 9.71. The summed E-state index contributed by atoms with van der Waals surface area (Å²) in [5, 5.41) is 36.6. The number of carbonyl (C=O) groups excluding carboxylic acids is 1. The Morgan fingerprint density at radius 3 is 2.42 bits per heavy atom. The number of hydrogen-bond donors (Lipinski definition) is 7. The van der Waals surface area contributed by atoms with E-state index in [1.807, 2.05) is 25.1 Å². The van der Waals surface area contributed by atoms with Gasteiger partial charge in [0.05, 0.1) is 17.6 Å². The van der Waals surface area contributed by atoms with Crippen molar-refractivity contribution in [3.05, 3.63) is 94.7 Å². The van der Waals surface area contributed by atoms with Gasteiger partial charge in [-0.1, -0.05) is 24.3 Å². The minimum Gasteiger partial charge on any atom is -0.508 e. The Bertz CT molecular complexity index is 1580. The first-order valence-corrected chi connectivity index (χ1v) is 14.3. The lowest BCUT2D eigenvalue weighted by molar-refractivity contribution is 0.0946. The first-order chi connectivity index (χ1) is 19.1. The van der Waals surface area contributed by atoms with Crippen molar-refractivity contribution in [2.24, 2.45) is 0 Å². The zero-order valence-corrected chi connectivity index (χ0v) is 23.1. The molecule has 0 aliphatic rings. The molecular formula is C29H34N4O6S. The molecule has 0 bridgehead atoms. The summed E-state index contributed by atoms with van der Waals surface area (Å²) < 4.78 is 26.0. The predicted octanol–water partition coefficient (Wildman–Crippen LogP) is 2.46. The van der Waals surface area contributed by atoms with Crippen molar-refractivity contribution in [2.75, 3.05) is 13.6 Å². The molecule has 0 fully saturated rings. The average molecular weight is 567 g/mol. The zero-order valence-electron chi connectivity index (χ0n) is 22.3. The number of H-pyrrole nitrogens is 1. The van der Waals surface area contributed by atoms with E-state index in [9.17, 15) is 28.5 Å². The minimum absolute atomic E-state index is 0.00449. The summed E-state index contributed by atoms with van der Waals surface area (Å²) in [7, 11) is -2.16. The van der Waals surface area contributed by atoms with Gasteiger partial charge < -0.3 is 30.9 Å². The van der Waals surface area contributed by atoms with Crippen LogP contribution in [-0.2, 0) is 29.6 Å². The molecule has 1 heterocycles. The number of hydrogen-bond acceptors (Lipinski definition) is 7. The Labute approximate surface area is 233 Å². The number of rotatable bonds is 12. The molecular weight excluding hydrogens is 532 g/mol. The topological polar surface area (TPSA) is 164 Å². The fraction of sp³-hybridized carbons (Fsp3) is 0.276. The van der Waals surface area contributed by atoms with Crippen LogP contribution in [0.15, 0.2) is 71.6 Å². The van der Waals surface area contributed by atoms with E-state index < -0.39 is 16.1 Å². The Kier molecular flexibility index (Phi) is 9.23. The van der Waals surface area contributed by atoms with Gasteiger partial charge in [-0.25, -0.2) is 13.1 Å². The molecule has 7 N–H and O–H groups in total. The van der Waals surface area contributed by atoms with Crippen LogP contribution in [0.4, 0.5) is 0 Å². The van der Waals surface area contributed by atoms with Crippen LogP contribution in [0.3, 0.4) is 0 Å². The van der Waals surface area contributed by atoms with Gasteiger partial charge in [-0.2, -0.15) is 0 Å². The summed E-state index contributed by atoms with van der Waals surface area (Å²) in [5.41, 5.74) is 4.07. The van der Waals surface area contributed by atoms with Gasteiger partial charge in [-0.05, 0) is 79.5 Å². The highest BCUT2D eigenvalue weighted by molar-refractivity contribution is 7.89. The third kappa shape index (κ3) is 7.06. The van der Waals surface area contributed by atoms with Gasteiger partial charge in [0.1, 0.15) is 11.4 Å². The molecule has 10 nitrogen and oxygen atoms in total. The average Bonchev–Trinajstić information content (AvgIpc) is 3.39. The smallest absolute Gasteiger partial charge is 0.267 e. The number of aromatic hydroxyl groups is 1. The summed E-state index contributed by atoms with van der Waals surface area (Å²) in [4.78, 5) is 16.0. The number of aromatic amines is 1. The van der Waals surface area contributed by atoms with Crippen LogP contribution in [0.2, 0.25) is 0 Å². The number of nitrogens with one attached hydrogen (secondary N) is 4. The molecule has 0 aliphatic heterocycles. The number of phenols is 1. The molecule has 0 spiro atoms. The van der Waals surface area contributed by atoms with Crippen molar-refractivity contribution in [3.8, 4) is 5.75 Å². The van der Waals surface area contributed by atoms with Crippen LogP contribution in [0, 0.1) is 0 Å². The standard InChI is InChI=1S/C29H34N4O6S/c1-18(31-16-28(36)21-6-10-27(35)23(13-21)17-34)11-20-5-9-25-22(12-20)14-26(33-25)29(37)32-15-19-3-7-24(8-4-19)40(38,39)30-2/h3-10,12-14,18,28,30-31,33-36H,11,15-17H2,1-2H3,(H,32,37)/t18-,28+/m1/s1. The largest absolute Gasteiger partial charge is 0.508 e. The first kappa shape index (κ1) is 29.2. The molecule has 11 heteroatoms. The molecule has 1 aromatic heterocycles. The number of carbonyl (C=O) groups is 1. The van der Waals surface area contributed by atoms with Crippen LogP contribution in [0.5, 0.6) is 5.75 Å². The highest BCUT2D eigenvalue weighted by Gasteiger charge is 2.14. The molecule has 2 atom stereocenters. The van der Waals surface area contributed by atoms with Crippen molar-refractivity contribution >= 4 is 26.8 Å². The lowest BCUT2D eigenvalue weighted by Crippen LogP contribution is -2.32. The number of aliphatic hydroxyl groups is 2. The van der Waals surface area contributed by atoms with Crippen molar-refractivity contribution in [2.45, 2.75) is 43.5 Å². The maximum Gasteiger partial charge on any atom is 0.267 e. The van der Waals surface area contributed by atoms with Gasteiger partial charge >= 0.3 is 0 Å². The van der Waals surface area contributed by atoms with E-state index in [2.05, 4.69) is 20.3 Å². The predicted molar refractivity (Wildman–Crippen MR) is 152 cm³/mol. The van der Waals surface area contributed by atoms with Crippen LogP contribution >= 0.6 is 0 Å². The molecule has 0 saturated heterocycles. The van der Waals surface area contributed by atoms with Crippen molar-refractivity contribution < 1.29 is 28.5 Å². The highest BCUT2D eigenvalue weighted by Crippen LogP contribution is 2.23. The second kappa shape index (κ2) is 12.6. The third-order valence-corrected chi connectivity index (χ3v) is 8.18. The summed E-state index contributed by atoms with van der Waals surface area (Å²) in [5.74, 6) is -0.276. The number of amides is 1. The molecule has 4 rings (SSSR count). The number of benzene rings is 3. The lowest BCUT2D eigenvalue weighted by Gasteiger charge is -2.18. The molecule has 212 valence electrons. The summed E-state index contributed by atoms with van der Waals surface area (Å²) in [6, 6.07) is 18.8. The maximum atomic E-state index is 12.7. The van der Waals surface area contributed by atoms with Crippen LogP contribution < -0.4 is 15.4 Å². The van der Waals surface area contributed by atoms with Gasteiger partial charge in [0.15, 0.2) is 0 Å². The van der Waals surface area contributed by atoms with Gasteiger partial charge in [0.25, 0.3) is 5.91 Å². The van der Waals surface area contributed by atoms with E-state index in [-0.39, 0.29) is 35.7 Å². The Morgan fingerprint density at radius 1 is 1.00 bits per heavy atom. The van der Waals surface area contributed by atoms with E-state index in [1.54, 1.807) is 30.3 Å². The summed E-state index contributed by atoms with van der Waals surface area (Å²) in [6.45, 7) is 2.27. The van der Waals surface area contributed by atoms with E-state index in [0.717, 1.165) is 22.0 Å². The lowest BCUT2D eigenvalue weighted by atomic mass is 10.0. The van der Waals surface area contributed by atoms with Crippen molar-refractivity contribution in [3.63, 3.8) is 0 Å². The molecule has 4 aromatic rings. The third-order valence-electron chi connectivity index (χ3n) is 6.75. The fourth-order valence-corrected chi connectivity index (χ4v) is 5.14. The second-order valence-corrected chi connectivity index (χ2v) is 11.6. The van der Waals surface area contributed by atoms with Crippen molar-refractivity contribution in [1.82, 2.24) is 20.3 Å². The van der Waals surface area contributed by atoms with Gasteiger partial charge in [-0.3, -0.25) is 4.79 Å². The van der Waals surface area contributed by atoms with Gasteiger partial charge in [0.2, 0.25) is 10.0 Å². The Balaban J connectivity index is 1.32. The van der Waals surface area contributed by atoms with E-state index in [0.29, 0.717) is 29.8 Å². The van der Waals surface area contributed by atoms with E-state index in [1.165, 1.54) is 25.2 Å². The SMILES string of the molecule is CNS(=O)(=O)c1ccc(CNC(=O)c2cc3cc(C[C@@H](C)NC[C@H](O)c4ccc(O)c(CO)c4)ccc3[nH]2)cc1. The number of sulfonamides is 1. The number of aromatic nitrogens is 1. The Hall–Kier alpha value is -3.74. The quantitative estimate of drug-likeness (QED) is 0.138. The van der Waals surface area contributed by atoms with Gasteiger partial charge in [0, 0.05) is 35.6 Å². The normalized spacial score (nSPS) is 13.3. The van der Waals surface area contributed by atoms with E-state index in [4.69, 9.17) is 0 Å². The summed E-state index contributed by atoms with van der Waals surface area (Å²) in [6.07, 6.45) is -0.0903. The Morgan fingerprint density at radius 2 is 1.73 bits per heavy atom. The van der Waals surface area contributed by atoms with Crippen LogP contribution in [0.1, 0.15) is 45.8 Å². The highest BCUT2D eigenvalue weighted by atomic mass is 32.2. The first-order valence-electron chi connectivity index (χ1n) is 12.9. The maximum absolute atomic E-state index is 12.7. The van der Waals surface area contributed by atoms with Crippen molar-refractivity contribution in [1.29, 1.82) is 0 Å². The zero-order chi connectivity index (χ0) is 28.9. The molecule has 0 saturated carbocycles. The molecule has 0 aliphatic carbocycles. The molecule has 40 heavy (non-hydrogen) atoms.